The SMILES string of the molecule is CC(C)(C)NCC(O)COc1nsnc1N1CCOCC1.CCNC1CN(CCCOC)S(=O)(=O)c2sc(S(N)(=O)=O)cc21. The first-order valence-corrected chi connectivity index (χ1v) is 18.8. The van der Waals surface area contributed by atoms with E-state index in [4.69, 9.17) is 19.3 Å². The minimum absolute atomic E-state index is 0.0257. The average molecular weight is 700 g/mol. The van der Waals surface area contributed by atoms with Gasteiger partial charge in [-0.3, -0.25) is 0 Å². The molecule has 4 rings (SSSR count). The molecule has 0 bridgehead atoms. The first-order chi connectivity index (χ1) is 20.7. The number of aliphatic hydroxyl groups excluding tert-OH is 1. The lowest BCUT2D eigenvalue weighted by molar-refractivity contribution is 0.0975. The van der Waals surface area contributed by atoms with Crippen molar-refractivity contribution >= 4 is 48.9 Å². The van der Waals surface area contributed by atoms with Gasteiger partial charge in [-0.05, 0) is 39.8 Å². The molecule has 2 aromatic heterocycles. The van der Waals surface area contributed by atoms with Gasteiger partial charge < -0.3 is 34.9 Å². The molecule has 2 aliphatic heterocycles. The van der Waals surface area contributed by atoms with Gasteiger partial charge in [0.25, 0.3) is 15.9 Å². The maximum absolute atomic E-state index is 12.7. The van der Waals surface area contributed by atoms with Crippen molar-refractivity contribution in [3.8, 4) is 5.88 Å². The number of thiophene rings is 1. The van der Waals surface area contributed by atoms with Crippen LogP contribution < -0.4 is 25.4 Å². The van der Waals surface area contributed by atoms with Crippen LogP contribution in [0.15, 0.2) is 14.5 Å². The van der Waals surface area contributed by atoms with Gasteiger partial charge in [-0.1, -0.05) is 6.92 Å². The van der Waals surface area contributed by atoms with Crippen molar-refractivity contribution in [3.63, 3.8) is 0 Å². The maximum Gasteiger partial charge on any atom is 0.270 e. The van der Waals surface area contributed by atoms with E-state index in [1.165, 1.54) is 10.4 Å². The smallest absolute Gasteiger partial charge is 0.270 e. The molecule has 0 amide bonds. The Morgan fingerprint density at radius 3 is 2.59 bits per heavy atom. The molecule has 0 aliphatic carbocycles. The van der Waals surface area contributed by atoms with Gasteiger partial charge in [-0.15, -0.1) is 15.7 Å². The van der Waals surface area contributed by atoms with Crippen LogP contribution in [0.1, 0.15) is 45.7 Å². The van der Waals surface area contributed by atoms with Gasteiger partial charge in [-0.2, -0.15) is 8.68 Å². The number of sulfonamides is 2. The van der Waals surface area contributed by atoms with Crippen LogP contribution >= 0.6 is 23.1 Å². The second-order valence-electron chi connectivity index (χ2n) is 11.3. The largest absolute Gasteiger partial charge is 0.472 e. The zero-order valence-corrected chi connectivity index (χ0v) is 29.1. The molecule has 19 heteroatoms. The molecular weight excluding hydrogens is 655 g/mol. The highest BCUT2D eigenvalue weighted by atomic mass is 32.3. The van der Waals surface area contributed by atoms with Crippen molar-refractivity contribution in [2.75, 3.05) is 77.7 Å². The maximum atomic E-state index is 12.7. The summed E-state index contributed by atoms with van der Waals surface area (Å²) in [5, 5.41) is 21.5. The van der Waals surface area contributed by atoms with Crippen LogP contribution in [0, 0.1) is 0 Å². The van der Waals surface area contributed by atoms with Crippen LogP contribution in [-0.2, 0) is 29.5 Å². The third-order valence-electron chi connectivity index (χ3n) is 6.56. The molecule has 44 heavy (non-hydrogen) atoms. The third kappa shape index (κ3) is 10.5. The zero-order valence-electron chi connectivity index (χ0n) is 25.8. The number of rotatable bonds is 13. The summed E-state index contributed by atoms with van der Waals surface area (Å²) >= 11 is 1.83. The number of hydrogen-bond acceptors (Lipinski definition) is 15. The molecule has 15 nitrogen and oxygen atoms in total. The normalized spacial score (nSPS) is 19.6. The molecule has 2 aromatic rings. The Balaban J connectivity index is 0.000000241. The highest BCUT2D eigenvalue weighted by Crippen LogP contribution is 2.39. The molecule has 1 fully saturated rings. The van der Waals surface area contributed by atoms with E-state index in [0.29, 0.717) is 68.7 Å². The highest BCUT2D eigenvalue weighted by Gasteiger charge is 2.39. The molecule has 1 saturated heterocycles. The minimum Gasteiger partial charge on any atom is -0.472 e. The lowest BCUT2D eigenvalue weighted by Gasteiger charge is -2.32. The second-order valence-corrected chi connectivity index (χ2v) is 16.8. The van der Waals surface area contributed by atoms with Crippen LogP contribution in [0.3, 0.4) is 0 Å². The van der Waals surface area contributed by atoms with Gasteiger partial charge >= 0.3 is 0 Å². The summed E-state index contributed by atoms with van der Waals surface area (Å²) in [5.41, 5.74) is 0.450. The van der Waals surface area contributed by atoms with Crippen molar-refractivity contribution in [2.45, 2.75) is 60.2 Å². The molecule has 4 heterocycles. The van der Waals surface area contributed by atoms with E-state index in [9.17, 15) is 21.9 Å². The molecular formula is C25H45N7O8S4. The highest BCUT2D eigenvalue weighted by molar-refractivity contribution is 7.94. The van der Waals surface area contributed by atoms with Gasteiger partial charge in [0.2, 0.25) is 15.8 Å². The van der Waals surface area contributed by atoms with Crippen molar-refractivity contribution in [1.82, 2.24) is 23.7 Å². The van der Waals surface area contributed by atoms with E-state index in [-0.39, 0.29) is 33.2 Å². The number of aliphatic hydroxyl groups is 1. The van der Waals surface area contributed by atoms with E-state index in [0.717, 1.165) is 30.6 Å². The summed E-state index contributed by atoms with van der Waals surface area (Å²) in [6.45, 7) is 13.4. The molecule has 0 radical (unpaired) electrons. The summed E-state index contributed by atoms with van der Waals surface area (Å²) in [6.07, 6.45) is -0.0133. The van der Waals surface area contributed by atoms with Crippen LogP contribution in [-0.4, -0.2) is 119 Å². The number of nitrogens with two attached hydrogens (primary N) is 1. The number of β-amino-alcohol motifs (C(OH)–C–C–N with tert-alkyl or cyclic N) is 1. The fraction of sp³-hybridized carbons (Fsp3) is 0.760. The molecule has 0 spiro atoms. The number of morpholine rings is 1. The van der Waals surface area contributed by atoms with Crippen LogP contribution in [0.2, 0.25) is 0 Å². The number of anilines is 1. The molecule has 2 unspecified atom stereocenters. The van der Waals surface area contributed by atoms with E-state index in [1.54, 1.807) is 7.11 Å². The summed E-state index contributed by atoms with van der Waals surface area (Å²) in [4.78, 5) is 2.10. The fourth-order valence-electron chi connectivity index (χ4n) is 4.38. The first kappa shape index (κ1) is 36.9. The number of primary sulfonamides is 1. The number of fused-ring (bicyclic) bond motifs is 1. The van der Waals surface area contributed by atoms with Gasteiger partial charge in [-0.25, -0.2) is 22.0 Å². The van der Waals surface area contributed by atoms with Crippen molar-refractivity contribution < 1.29 is 36.2 Å². The number of ether oxygens (including phenoxy) is 3. The predicted molar refractivity (Wildman–Crippen MR) is 170 cm³/mol. The Labute approximate surface area is 268 Å². The van der Waals surface area contributed by atoms with E-state index < -0.39 is 26.2 Å². The summed E-state index contributed by atoms with van der Waals surface area (Å²) in [5.74, 6) is 1.25. The third-order valence-corrected chi connectivity index (χ3v) is 12.0. The number of nitrogens with one attached hydrogen (secondary N) is 2. The van der Waals surface area contributed by atoms with Crippen LogP contribution in [0.5, 0.6) is 5.88 Å². The Kier molecular flexibility index (Phi) is 13.7. The van der Waals surface area contributed by atoms with Gasteiger partial charge in [0.05, 0.1) is 24.9 Å². The van der Waals surface area contributed by atoms with E-state index >= 15 is 0 Å². The Hall–Kier alpha value is -1.52. The van der Waals surface area contributed by atoms with Crippen molar-refractivity contribution in [3.05, 3.63) is 11.6 Å². The van der Waals surface area contributed by atoms with Crippen molar-refractivity contribution in [1.29, 1.82) is 0 Å². The summed E-state index contributed by atoms with van der Waals surface area (Å²) in [7, 11) is -6.10. The minimum atomic E-state index is -3.94. The Bertz CT molecular complexity index is 1390. The van der Waals surface area contributed by atoms with Gasteiger partial charge in [0, 0.05) is 63.6 Å². The molecule has 2 atom stereocenters. The fourth-order valence-corrected chi connectivity index (χ4v) is 9.21. The molecule has 0 aromatic carbocycles. The standard InChI is InChI=1S/C13H24N4O3S.C12H21N3O5S3/c1-13(2,3)14-8-10(18)9-20-12-11(15-21-16-12)17-4-6-19-7-5-17;1-3-14-10-8-15(5-4-6-20-2)23(18,19)12-9(10)7-11(21-12)22(13,16)17/h10,14,18H,4-9H2,1-3H3;7,10,14H,3-6,8H2,1-2H3,(H2,13,16,17). The lowest BCUT2D eigenvalue weighted by Crippen LogP contribution is -2.43. The number of aromatic nitrogens is 2. The van der Waals surface area contributed by atoms with Gasteiger partial charge in [0.1, 0.15) is 21.1 Å². The molecule has 5 N–H and O–H groups in total. The van der Waals surface area contributed by atoms with Crippen LogP contribution in [0.4, 0.5) is 5.82 Å². The quantitative estimate of drug-likeness (QED) is 0.212. The number of hydrogen-bond donors (Lipinski definition) is 4. The van der Waals surface area contributed by atoms with E-state index in [1.807, 2.05) is 6.92 Å². The number of methoxy groups -OCH3 is 1. The summed E-state index contributed by atoms with van der Waals surface area (Å²) < 4.78 is 74.2. The van der Waals surface area contributed by atoms with Crippen LogP contribution in [0.25, 0.3) is 0 Å². The molecule has 0 saturated carbocycles. The first-order valence-electron chi connectivity index (χ1n) is 14.3. The Morgan fingerprint density at radius 1 is 1.27 bits per heavy atom. The molecule has 252 valence electrons. The summed E-state index contributed by atoms with van der Waals surface area (Å²) in [6, 6.07) is 1.11. The average Bonchev–Trinajstić information content (AvgIpc) is 3.63. The predicted octanol–water partition coefficient (Wildman–Crippen LogP) is 0.589. The zero-order chi connectivity index (χ0) is 32.5. The number of nitrogens with zero attached hydrogens (tertiary/aromatic N) is 4. The topological polar surface area (TPSA) is 199 Å². The second kappa shape index (κ2) is 16.3. The number of likely N-dealkylation sites (N-methyl/N-ethyl adjacent to an activating group) is 1. The van der Waals surface area contributed by atoms with Gasteiger partial charge in [0.15, 0.2) is 0 Å². The van der Waals surface area contributed by atoms with E-state index in [2.05, 4.69) is 45.1 Å². The Morgan fingerprint density at radius 2 is 1.98 bits per heavy atom. The van der Waals surface area contributed by atoms with Crippen molar-refractivity contribution in [2.24, 2.45) is 5.14 Å². The lowest BCUT2D eigenvalue weighted by atomic mass is 10.1. The molecule has 2 aliphatic rings. The monoisotopic (exact) mass is 699 g/mol.